The van der Waals surface area contributed by atoms with Gasteiger partial charge < -0.3 is 5.32 Å². The van der Waals surface area contributed by atoms with Gasteiger partial charge in [-0.1, -0.05) is 11.6 Å². The first-order chi connectivity index (χ1) is 12.4. The average molecular weight is 395 g/mol. The van der Waals surface area contributed by atoms with Crippen LogP contribution in [0.25, 0.3) is 0 Å². The number of nitrogens with zero attached hydrogens (tertiary/aromatic N) is 2. The van der Waals surface area contributed by atoms with E-state index in [2.05, 4.69) is 10.7 Å². The van der Waals surface area contributed by atoms with Gasteiger partial charge >= 0.3 is 0 Å². The van der Waals surface area contributed by atoms with E-state index in [0.717, 1.165) is 12.8 Å². The van der Waals surface area contributed by atoms with Crippen LogP contribution in [-0.2, 0) is 14.4 Å². The van der Waals surface area contributed by atoms with Gasteiger partial charge in [-0.15, -0.1) is 0 Å². The van der Waals surface area contributed by atoms with Crippen LogP contribution in [0.15, 0.2) is 24.3 Å². The normalized spacial score (nSPS) is 19.7. The van der Waals surface area contributed by atoms with Crippen LogP contribution in [-0.4, -0.2) is 45.3 Å². The minimum Gasteiger partial charge on any atom is -0.326 e. The number of rotatable bonds is 6. The maximum absolute atomic E-state index is 12.6. The Morgan fingerprint density at radius 1 is 1.27 bits per heavy atom. The third-order valence-electron chi connectivity index (χ3n) is 4.30. The standard InChI is InChI=1S/C17H19ClN4O3S/c1-2-21-16(25)13(22(17(21)26)20-15(24)10-3-4-10)9-14(23)19-12-7-5-11(18)6-8-12/h5-8,10,13H,2-4,9H2,1H3,(H,19,23)(H,20,24). The molecule has 1 heterocycles. The summed E-state index contributed by atoms with van der Waals surface area (Å²) in [5.41, 5.74) is 3.28. The minimum absolute atomic E-state index is 0.0351. The van der Waals surface area contributed by atoms with E-state index >= 15 is 0 Å². The van der Waals surface area contributed by atoms with E-state index in [9.17, 15) is 14.4 Å². The number of hydrogen-bond donors (Lipinski definition) is 2. The molecule has 26 heavy (non-hydrogen) atoms. The molecule has 0 radical (unpaired) electrons. The summed E-state index contributed by atoms with van der Waals surface area (Å²) in [6, 6.07) is 5.82. The van der Waals surface area contributed by atoms with Crippen molar-refractivity contribution in [1.29, 1.82) is 0 Å². The highest BCUT2D eigenvalue weighted by molar-refractivity contribution is 7.80. The van der Waals surface area contributed by atoms with E-state index < -0.39 is 6.04 Å². The van der Waals surface area contributed by atoms with Crippen molar-refractivity contribution in [2.75, 3.05) is 11.9 Å². The zero-order chi connectivity index (χ0) is 18.8. The van der Waals surface area contributed by atoms with Gasteiger partial charge in [-0.3, -0.25) is 24.7 Å². The number of carbonyl (C=O) groups excluding carboxylic acids is 3. The van der Waals surface area contributed by atoms with Gasteiger partial charge in [0, 0.05) is 23.2 Å². The predicted octanol–water partition coefficient (Wildman–Crippen LogP) is 1.93. The molecule has 2 fully saturated rings. The van der Waals surface area contributed by atoms with E-state index in [4.69, 9.17) is 23.8 Å². The highest BCUT2D eigenvalue weighted by Gasteiger charge is 2.45. The van der Waals surface area contributed by atoms with E-state index in [0.29, 0.717) is 17.3 Å². The minimum atomic E-state index is -0.850. The summed E-state index contributed by atoms with van der Waals surface area (Å²) in [5, 5.41) is 4.85. The van der Waals surface area contributed by atoms with Crippen molar-refractivity contribution in [3.05, 3.63) is 29.3 Å². The Labute approximate surface area is 161 Å². The zero-order valence-electron chi connectivity index (χ0n) is 14.2. The lowest BCUT2D eigenvalue weighted by atomic mass is 10.2. The summed E-state index contributed by atoms with van der Waals surface area (Å²) < 4.78 is 0. The number of hydrazine groups is 1. The molecule has 1 aromatic carbocycles. The summed E-state index contributed by atoms with van der Waals surface area (Å²) in [5.74, 6) is -0.842. The van der Waals surface area contributed by atoms with Crippen molar-refractivity contribution >= 4 is 52.3 Å². The molecular formula is C17H19ClN4O3S. The molecule has 2 aliphatic rings. The van der Waals surface area contributed by atoms with Crippen LogP contribution in [0.1, 0.15) is 26.2 Å². The van der Waals surface area contributed by atoms with Crippen molar-refractivity contribution in [2.24, 2.45) is 5.92 Å². The third kappa shape index (κ3) is 3.96. The first kappa shape index (κ1) is 18.6. The molecule has 3 rings (SSSR count). The SMILES string of the molecule is CCN1C(=O)C(CC(=O)Nc2ccc(Cl)cc2)N(NC(=O)C2CC2)C1=S. The van der Waals surface area contributed by atoms with Crippen LogP contribution in [0.3, 0.4) is 0 Å². The molecule has 1 saturated heterocycles. The highest BCUT2D eigenvalue weighted by atomic mass is 35.5. The lowest BCUT2D eigenvalue weighted by molar-refractivity contribution is -0.133. The van der Waals surface area contributed by atoms with Gasteiger partial charge in [-0.25, -0.2) is 5.01 Å². The maximum atomic E-state index is 12.6. The molecule has 1 saturated carbocycles. The van der Waals surface area contributed by atoms with Crippen molar-refractivity contribution < 1.29 is 14.4 Å². The van der Waals surface area contributed by atoms with Gasteiger partial charge in [0.15, 0.2) is 5.11 Å². The number of carbonyl (C=O) groups is 3. The monoisotopic (exact) mass is 394 g/mol. The van der Waals surface area contributed by atoms with Crippen LogP contribution in [0.5, 0.6) is 0 Å². The van der Waals surface area contributed by atoms with Crippen LogP contribution in [0, 0.1) is 5.92 Å². The first-order valence-corrected chi connectivity index (χ1v) is 9.19. The Bertz CT molecular complexity index is 751. The number of amides is 3. The molecule has 1 aliphatic heterocycles. The fraction of sp³-hybridized carbons (Fsp3) is 0.412. The van der Waals surface area contributed by atoms with Crippen molar-refractivity contribution in [3.63, 3.8) is 0 Å². The molecule has 1 aromatic rings. The second-order valence-corrected chi connectivity index (χ2v) is 7.06. The van der Waals surface area contributed by atoms with Gasteiger partial charge in [0.25, 0.3) is 5.91 Å². The Hall–Kier alpha value is -2.19. The molecule has 3 amide bonds. The summed E-state index contributed by atoms with van der Waals surface area (Å²) in [6.07, 6.45) is 1.54. The number of halogens is 1. The molecule has 1 aliphatic carbocycles. The van der Waals surface area contributed by atoms with Crippen LogP contribution in [0.4, 0.5) is 5.69 Å². The summed E-state index contributed by atoms with van der Waals surface area (Å²) >= 11 is 11.1. The smallest absolute Gasteiger partial charge is 0.254 e. The molecule has 0 spiro atoms. The molecule has 0 aromatic heterocycles. The van der Waals surface area contributed by atoms with Crippen LogP contribution >= 0.6 is 23.8 Å². The molecule has 0 bridgehead atoms. The number of nitrogens with one attached hydrogen (secondary N) is 2. The quantitative estimate of drug-likeness (QED) is 0.720. The fourth-order valence-electron chi connectivity index (χ4n) is 2.72. The summed E-state index contributed by atoms with van der Waals surface area (Å²) in [6.45, 7) is 2.17. The van der Waals surface area contributed by atoms with Gasteiger partial charge in [-0.2, -0.15) is 0 Å². The molecular weight excluding hydrogens is 376 g/mol. The number of hydrogen-bond acceptors (Lipinski definition) is 4. The summed E-state index contributed by atoms with van der Waals surface area (Å²) in [7, 11) is 0. The lowest BCUT2D eigenvalue weighted by Crippen LogP contribution is -2.50. The van der Waals surface area contributed by atoms with Gasteiger partial charge in [0.2, 0.25) is 11.8 Å². The van der Waals surface area contributed by atoms with E-state index in [1.54, 1.807) is 31.2 Å². The lowest BCUT2D eigenvalue weighted by Gasteiger charge is -2.24. The van der Waals surface area contributed by atoms with E-state index in [-0.39, 0.29) is 35.2 Å². The van der Waals surface area contributed by atoms with Gasteiger partial charge in [0.1, 0.15) is 6.04 Å². The van der Waals surface area contributed by atoms with E-state index in [1.807, 2.05) is 0 Å². The maximum Gasteiger partial charge on any atom is 0.254 e. The Kier molecular flexibility index (Phi) is 5.43. The molecule has 1 atom stereocenters. The largest absolute Gasteiger partial charge is 0.326 e. The first-order valence-electron chi connectivity index (χ1n) is 8.41. The van der Waals surface area contributed by atoms with Gasteiger partial charge in [-0.05, 0) is 56.2 Å². The third-order valence-corrected chi connectivity index (χ3v) is 4.97. The fourth-order valence-corrected chi connectivity index (χ4v) is 3.24. The topological polar surface area (TPSA) is 81.8 Å². The number of likely N-dealkylation sites (N-methyl/N-ethyl adjacent to an activating group) is 1. The highest BCUT2D eigenvalue weighted by Crippen LogP contribution is 2.29. The Morgan fingerprint density at radius 2 is 1.92 bits per heavy atom. The van der Waals surface area contributed by atoms with Gasteiger partial charge in [0.05, 0.1) is 6.42 Å². The molecule has 9 heteroatoms. The van der Waals surface area contributed by atoms with Crippen molar-refractivity contribution in [2.45, 2.75) is 32.2 Å². The summed E-state index contributed by atoms with van der Waals surface area (Å²) in [4.78, 5) is 38.5. The number of benzene rings is 1. The molecule has 1 unspecified atom stereocenters. The number of thiocarbonyl (C=S) groups is 1. The zero-order valence-corrected chi connectivity index (χ0v) is 15.8. The second kappa shape index (κ2) is 7.59. The second-order valence-electron chi connectivity index (χ2n) is 6.26. The van der Waals surface area contributed by atoms with Crippen LogP contribution in [0.2, 0.25) is 5.02 Å². The Morgan fingerprint density at radius 3 is 2.50 bits per heavy atom. The van der Waals surface area contributed by atoms with Crippen molar-refractivity contribution in [1.82, 2.24) is 15.3 Å². The number of anilines is 1. The Balaban J connectivity index is 1.70. The predicted molar refractivity (Wildman–Crippen MR) is 101 cm³/mol. The average Bonchev–Trinajstić information content (AvgIpc) is 3.42. The molecule has 7 nitrogen and oxygen atoms in total. The molecule has 2 N–H and O–H groups in total. The van der Waals surface area contributed by atoms with Crippen LogP contribution < -0.4 is 10.7 Å². The molecule has 138 valence electrons. The van der Waals surface area contributed by atoms with E-state index in [1.165, 1.54) is 9.91 Å². The van der Waals surface area contributed by atoms with Crippen molar-refractivity contribution in [3.8, 4) is 0 Å².